The van der Waals surface area contributed by atoms with E-state index in [-0.39, 0.29) is 0 Å². The van der Waals surface area contributed by atoms with Gasteiger partial charge in [0.05, 0.1) is 6.61 Å². The maximum atomic E-state index is 11.4. The number of hydrogen-bond donors (Lipinski definition) is 1. The first-order chi connectivity index (χ1) is 9.68. The van der Waals surface area contributed by atoms with Crippen molar-refractivity contribution in [3.05, 3.63) is 35.9 Å². The van der Waals surface area contributed by atoms with E-state index in [4.69, 9.17) is 9.47 Å². The highest BCUT2D eigenvalue weighted by Gasteiger charge is 2.01. The van der Waals surface area contributed by atoms with Gasteiger partial charge >= 0.3 is 6.09 Å². The lowest BCUT2D eigenvalue weighted by atomic mass is 10.1. The summed E-state index contributed by atoms with van der Waals surface area (Å²) in [4.78, 5) is 11.4. The topological polar surface area (TPSA) is 47.6 Å². The second-order valence-corrected chi connectivity index (χ2v) is 5.14. The first kappa shape index (κ1) is 16.5. The summed E-state index contributed by atoms with van der Waals surface area (Å²) >= 11 is 0. The molecule has 0 bridgehead atoms. The van der Waals surface area contributed by atoms with Crippen LogP contribution < -0.4 is 5.32 Å². The molecule has 1 aromatic rings. The van der Waals surface area contributed by atoms with Crippen LogP contribution in [0.4, 0.5) is 4.79 Å². The molecule has 0 fully saturated rings. The van der Waals surface area contributed by atoms with Gasteiger partial charge in [-0.05, 0) is 24.3 Å². The van der Waals surface area contributed by atoms with Crippen molar-refractivity contribution in [3.8, 4) is 0 Å². The fraction of sp³-hybridized carbons (Fsp3) is 0.562. The third-order valence-electron chi connectivity index (χ3n) is 2.80. The van der Waals surface area contributed by atoms with E-state index in [0.29, 0.717) is 25.7 Å². The molecule has 0 radical (unpaired) electrons. The van der Waals surface area contributed by atoms with Gasteiger partial charge in [-0.25, -0.2) is 4.79 Å². The number of ether oxygens (including phenoxy) is 2. The number of benzene rings is 1. The van der Waals surface area contributed by atoms with E-state index in [1.807, 2.05) is 30.3 Å². The summed E-state index contributed by atoms with van der Waals surface area (Å²) in [6.07, 6.45) is 1.84. The molecule has 4 heteroatoms. The molecule has 0 aromatic heterocycles. The van der Waals surface area contributed by atoms with Crippen molar-refractivity contribution in [1.29, 1.82) is 0 Å². The largest absolute Gasteiger partial charge is 0.445 e. The Kier molecular flexibility index (Phi) is 8.47. The third-order valence-corrected chi connectivity index (χ3v) is 2.80. The Morgan fingerprint density at radius 2 is 1.95 bits per heavy atom. The molecule has 1 N–H and O–H groups in total. The van der Waals surface area contributed by atoms with E-state index in [9.17, 15) is 4.79 Å². The standard InChI is InChI=1S/C16H25NO3/c1-14(2)7-6-11-19-12-10-17-16(18)20-13-15-8-4-3-5-9-15/h3-5,8-9,14H,6-7,10-13H2,1-2H3,(H,17,18). The van der Waals surface area contributed by atoms with Gasteiger partial charge in [0, 0.05) is 13.2 Å². The van der Waals surface area contributed by atoms with Gasteiger partial charge < -0.3 is 14.8 Å². The highest BCUT2D eigenvalue weighted by molar-refractivity contribution is 5.67. The van der Waals surface area contributed by atoms with Gasteiger partial charge in [0.1, 0.15) is 6.61 Å². The minimum absolute atomic E-state index is 0.294. The third kappa shape index (κ3) is 8.53. The maximum absolute atomic E-state index is 11.4. The number of alkyl carbamates (subject to hydrolysis) is 1. The van der Waals surface area contributed by atoms with Gasteiger partial charge in [0.15, 0.2) is 0 Å². The SMILES string of the molecule is CC(C)CCCOCCNC(=O)OCc1ccccc1. The molecule has 0 saturated carbocycles. The molecule has 20 heavy (non-hydrogen) atoms. The second-order valence-electron chi connectivity index (χ2n) is 5.14. The van der Waals surface area contributed by atoms with Gasteiger partial charge in [0.2, 0.25) is 0 Å². The first-order valence-corrected chi connectivity index (χ1v) is 7.21. The lowest BCUT2D eigenvalue weighted by Gasteiger charge is -2.08. The Labute approximate surface area is 121 Å². The summed E-state index contributed by atoms with van der Waals surface area (Å²) in [6, 6.07) is 9.61. The van der Waals surface area contributed by atoms with E-state index in [1.54, 1.807) is 0 Å². The van der Waals surface area contributed by atoms with Crippen LogP contribution in [0.1, 0.15) is 32.3 Å². The zero-order valence-electron chi connectivity index (χ0n) is 12.4. The minimum Gasteiger partial charge on any atom is -0.445 e. The molecule has 0 aliphatic carbocycles. The Balaban J connectivity index is 1.95. The van der Waals surface area contributed by atoms with E-state index in [0.717, 1.165) is 18.6 Å². The Morgan fingerprint density at radius 3 is 2.65 bits per heavy atom. The fourth-order valence-corrected chi connectivity index (χ4v) is 1.70. The van der Waals surface area contributed by atoms with Crippen LogP contribution >= 0.6 is 0 Å². The quantitative estimate of drug-likeness (QED) is 0.705. The summed E-state index contributed by atoms with van der Waals surface area (Å²) in [6.45, 7) is 6.45. The minimum atomic E-state index is -0.403. The van der Waals surface area contributed by atoms with Crippen LogP contribution in [0.15, 0.2) is 30.3 Å². The van der Waals surface area contributed by atoms with Crippen molar-refractivity contribution in [2.24, 2.45) is 5.92 Å². The number of carbonyl (C=O) groups is 1. The fourth-order valence-electron chi connectivity index (χ4n) is 1.70. The highest BCUT2D eigenvalue weighted by atomic mass is 16.5. The van der Waals surface area contributed by atoms with Gasteiger partial charge in [-0.1, -0.05) is 44.2 Å². The molecule has 1 amide bonds. The van der Waals surface area contributed by atoms with Crippen LogP contribution in [0.25, 0.3) is 0 Å². The van der Waals surface area contributed by atoms with Gasteiger partial charge in [-0.3, -0.25) is 0 Å². The molecule has 4 nitrogen and oxygen atoms in total. The number of nitrogens with one attached hydrogen (secondary N) is 1. The maximum Gasteiger partial charge on any atom is 0.407 e. The predicted octanol–water partition coefficient (Wildman–Crippen LogP) is 3.37. The van der Waals surface area contributed by atoms with Gasteiger partial charge in [0.25, 0.3) is 0 Å². The van der Waals surface area contributed by atoms with Crippen LogP contribution in [-0.2, 0) is 16.1 Å². The average Bonchev–Trinajstić information content (AvgIpc) is 2.45. The van der Waals surface area contributed by atoms with E-state index < -0.39 is 6.09 Å². The summed E-state index contributed by atoms with van der Waals surface area (Å²) in [7, 11) is 0. The number of amides is 1. The van der Waals surface area contributed by atoms with Crippen LogP contribution in [0.5, 0.6) is 0 Å². The molecule has 0 aliphatic rings. The molecule has 0 spiro atoms. The van der Waals surface area contributed by atoms with Crippen LogP contribution in [-0.4, -0.2) is 25.9 Å². The molecule has 0 heterocycles. The Morgan fingerprint density at radius 1 is 1.20 bits per heavy atom. The molecule has 0 saturated heterocycles. The van der Waals surface area contributed by atoms with Crippen molar-refractivity contribution >= 4 is 6.09 Å². The van der Waals surface area contributed by atoms with Crippen molar-refractivity contribution in [3.63, 3.8) is 0 Å². The van der Waals surface area contributed by atoms with Crippen LogP contribution in [0.2, 0.25) is 0 Å². The van der Waals surface area contributed by atoms with Crippen molar-refractivity contribution in [2.75, 3.05) is 19.8 Å². The molecule has 0 atom stereocenters. The van der Waals surface area contributed by atoms with Crippen molar-refractivity contribution < 1.29 is 14.3 Å². The normalized spacial score (nSPS) is 10.6. The summed E-state index contributed by atoms with van der Waals surface area (Å²) in [5.74, 6) is 0.713. The number of hydrogen-bond acceptors (Lipinski definition) is 3. The second kappa shape index (κ2) is 10.3. The number of rotatable bonds is 9. The Hall–Kier alpha value is -1.55. The Bertz CT molecular complexity index is 365. The molecule has 112 valence electrons. The van der Waals surface area contributed by atoms with E-state index >= 15 is 0 Å². The van der Waals surface area contributed by atoms with E-state index in [2.05, 4.69) is 19.2 Å². The van der Waals surface area contributed by atoms with Crippen molar-refractivity contribution in [1.82, 2.24) is 5.32 Å². The van der Waals surface area contributed by atoms with Crippen molar-refractivity contribution in [2.45, 2.75) is 33.3 Å². The average molecular weight is 279 g/mol. The molecule has 1 aromatic carbocycles. The summed E-state index contributed by atoms with van der Waals surface area (Å²) in [5, 5.41) is 2.67. The molecule has 1 rings (SSSR count). The van der Waals surface area contributed by atoms with E-state index in [1.165, 1.54) is 6.42 Å². The number of carbonyl (C=O) groups excluding carboxylic acids is 1. The summed E-state index contributed by atoms with van der Waals surface area (Å²) in [5.41, 5.74) is 0.979. The predicted molar refractivity (Wildman–Crippen MR) is 79.5 cm³/mol. The monoisotopic (exact) mass is 279 g/mol. The summed E-state index contributed by atoms with van der Waals surface area (Å²) < 4.78 is 10.5. The zero-order chi connectivity index (χ0) is 14.6. The highest BCUT2D eigenvalue weighted by Crippen LogP contribution is 2.03. The van der Waals surface area contributed by atoms with Crippen LogP contribution in [0, 0.1) is 5.92 Å². The molecular formula is C16H25NO3. The first-order valence-electron chi connectivity index (χ1n) is 7.21. The van der Waals surface area contributed by atoms with Crippen LogP contribution in [0.3, 0.4) is 0 Å². The lowest BCUT2D eigenvalue weighted by Crippen LogP contribution is -2.28. The smallest absolute Gasteiger partial charge is 0.407 e. The zero-order valence-corrected chi connectivity index (χ0v) is 12.4. The van der Waals surface area contributed by atoms with Gasteiger partial charge in [-0.2, -0.15) is 0 Å². The van der Waals surface area contributed by atoms with Gasteiger partial charge in [-0.15, -0.1) is 0 Å². The molecule has 0 unspecified atom stereocenters. The molecule has 0 aliphatic heterocycles. The molecular weight excluding hydrogens is 254 g/mol. The lowest BCUT2D eigenvalue weighted by molar-refractivity contribution is 0.116.